The molecule has 86 valence electrons. The minimum Gasteiger partial charge on any atom is -0.370 e. The first kappa shape index (κ1) is 11.3. The van der Waals surface area contributed by atoms with Crippen molar-refractivity contribution >= 4 is 28.9 Å². The molecule has 1 heterocycles. The number of nitrogens with one attached hydrogen (secondary N) is 1. The Bertz CT molecular complexity index is 443. The number of halogens is 1. The van der Waals surface area contributed by atoms with Crippen LogP contribution in [0.4, 0.5) is 11.4 Å². The molecule has 0 saturated carbocycles. The van der Waals surface area contributed by atoms with Crippen LogP contribution in [0.5, 0.6) is 0 Å². The van der Waals surface area contributed by atoms with E-state index in [1.165, 1.54) is 0 Å². The summed E-state index contributed by atoms with van der Waals surface area (Å²) < 4.78 is 0. The predicted molar refractivity (Wildman–Crippen MR) is 67.2 cm³/mol. The Labute approximate surface area is 100 Å². The van der Waals surface area contributed by atoms with Gasteiger partial charge in [0.25, 0.3) is 5.91 Å². The summed E-state index contributed by atoms with van der Waals surface area (Å²) in [6.07, 6.45) is 0. The highest BCUT2D eigenvalue weighted by molar-refractivity contribution is 6.35. The van der Waals surface area contributed by atoms with Crippen LogP contribution in [0.3, 0.4) is 0 Å². The van der Waals surface area contributed by atoms with Gasteiger partial charge in [0.15, 0.2) is 0 Å². The van der Waals surface area contributed by atoms with Gasteiger partial charge in [-0.2, -0.15) is 0 Å². The molecule has 2 rings (SSSR count). The summed E-state index contributed by atoms with van der Waals surface area (Å²) in [6.45, 7) is 6.33. The normalized spacial score (nSPS) is 18.0. The molecule has 1 aromatic carbocycles. The molecule has 0 spiro atoms. The van der Waals surface area contributed by atoms with Gasteiger partial charge < -0.3 is 10.2 Å². The monoisotopic (exact) mass is 238 g/mol. The van der Waals surface area contributed by atoms with E-state index < -0.39 is 5.54 Å². The standard InChI is InChI=1S/C12H15ClN2O/c1-4-15-10-8(13)6-5-7-9(10)14-12(2,3)11(15)16/h5-7,14H,4H2,1-3H3. The van der Waals surface area contributed by atoms with Crippen molar-refractivity contribution in [2.24, 2.45) is 0 Å². The van der Waals surface area contributed by atoms with Gasteiger partial charge in [-0.1, -0.05) is 17.7 Å². The highest BCUT2D eigenvalue weighted by Gasteiger charge is 2.38. The summed E-state index contributed by atoms with van der Waals surface area (Å²) in [5.74, 6) is 0.0515. The predicted octanol–water partition coefficient (Wildman–Crippen LogP) is 2.90. The molecule has 0 aliphatic carbocycles. The molecule has 3 nitrogen and oxygen atoms in total. The molecule has 0 fully saturated rings. The van der Waals surface area contributed by atoms with Gasteiger partial charge in [0.1, 0.15) is 5.54 Å². The van der Waals surface area contributed by atoms with Crippen LogP contribution in [0.2, 0.25) is 5.02 Å². The SMILES string of the molecule is CCN1C(=O)C(C)(C)Nc2cccc(Cl)c21. The topological polar surface area (TPSA) is 32.3 Å². The van der Waals surface area contributed by atoms with Crippen LogP contribution in [0, 0.1) is 0 Å². The lowest BCUT2D eigenvalue weighted by atomic mass is 9.98. The van der Waals surface area contributed by atoms with Crippen molar-refractivity contribution in [1.29, 1.82) is 0 Å². The Hall–Kier alpha value is -1.22. The fourth-order valence-electron chi connectivity index (χ4n) is 2.02. The average Bonchev–Trinajstić information content (AvgIpc) is 2.21. The largest absolute Gasteiger partial charge is 0.370 e. The Kier molecular flexibility index (Phi) is 2.58. The van der Waals surface area contributed by atoms with E-state index in [-0.39, 0.29) is 5.91 Å². The Morgan fingerprint density at radius 1 is 1.44 bits per heavy atom. The van der Waals surface area contributed by atoms with Gasteiger partial charge in [-0.15, -0.1) is 0 Å². The Morgan fingerprint density at radius 2 is 2.12 bits per heavy atom. The zero-order chi connectivity index (χ0) is 11.9. The molecule has 0 aromatic heterocycles. The van der Waals surface area contributed by atoms with E-state index in [1.807, 2.05) is 32.9 Å². The second-order valence-electron chi connectivity index (χ2n) is 4.44. The van der Waals surface area contributed by atoms with Gasteiger partial charge in [0, 0.05) is 6.54 Å². The third kappa shape index (κ3) is 1.55. The number of hydrogen-bond donors (Lipinski definition) is 1. The van der Waals surface area contributed by atoms with E-state index in [9.17, 15) is 4.79 Å². The number of para-hydroxylation sites is 1. The molecule has 1 aliphatic heterocycles. The Balaban J connectivity index is 2.61. The van der Waals surface area contributed by atoms with Crippen LogP contribution >= 0.6 is 11.6 Å². The summed E-state index contributed by atoms with van der Waals surface area (Å²) >= 11 is 6.14. The van der Waals surface area contributed by atoms with E-state index in [0.717, 1.165) is 11.4 Å². The van der Waals surface area contributed by atoms with Crippen LogP contribution in [-0.4, -0.2) is 18.0 Å². The maximum absolute atomic E-state index is 12.2. The molecular weight excluding hydrogens is 224 g/mol. The lowest BCUT2D eigenvalue weighted by molar-refractivity contribution is -0.122. The number of carbonyl (C=O) groups is 1. The Morgan fingerprint density at radius 3 is 2.75 bits per heavy atom. The number of amides is 1. The van der Waals surface area contributed by atoms with Gasteiger partial charge >= 0.3 is 0 Å². The highest BCUT2D eigenvalue weighted by Crippen LogP contribution is 2.39. The van der Waals surface area contributed by atoms with Crippen LogP contribution in [0.1, 0.15) is 20.8 Å². The molecule has 1 N–H and O–H groups in total. The minimum absolute atomic E-state index is 0.0515. The zero-order valence-corrected chi connectivity index (χ0v) is 10.4. The number of hydrogen-bond acceptors (Lipinski definition) is 2. The minimum atomic E-state index is -0.576. The average molecular weight is 239 g/mol. The molecule has 1 amide bonds. The first-order chi connectivity index (χ1) is 7.47. The van der Waals surface area contributed by atoms with Crippen molar-refractivity contribution in [2.45, 2.75) is 26.3 Å². The lowest BCUT2D eigenvalue weighted by Gasteiger charge is -2.39. The zero-order valence-electron chi connectivity index (χ0n) is 9.67. The summed E-state index contributed by atoms with van der Waals surface area (Å²) in [7, 11) is 0. The summed E-state index contributed by atoms with van der Waals surface area (Å²) in [5, 5.41) is 3.82. The first-order valence-electron chi connectivity index (χ1n) is 5.36. The van der Waals surface area contributed by atoms with Crippen molar-refractivity contribution in [3.63, 3.8) is 0 Å². The number of rotatable bonds is 1. The van der Waals surface area contributed by atoms with Crippen LogP contribution < -0.4 is 10.2 Å². The van der Waals surface area contributed by atoms with E-state index in [1.54, 1.807) is 11.0 Å². The van der Waals surface area contributed by atoms with Crippen molar-refractivity contribution in [3.05, 3.63) is 23.2 Å². The molecule has 0 saturated heterocycles. The van der Waals surface area contributed by atoms with Gasteiger partial charge in [0.05, 0.1) is 16.4 Å². The fourth-order valence-corrected chi connectivity index (χ4v) is 2.30. The van der Waals surface area contributed by atoms with Crippen LogP contribution in [0.15, 0.2) is 18.2 Å². The summed E-state index contributed by atoms with van der Waals surface area (Å²) in [4.78, 5) is 13.9. The van der Waals surface area contributed by atoms with E-state index in [2.05, 4.69) is 5.32 Å². The van der Waals surface area contributed by atoms with E-state index >= 15 is 0 Å². The summed E-state index contributed by atoms with van der Waals surface area (Å²) in [5.41, 5.74) is 1.13. The molecule has 4 heteroatoms. The number of nitrogens with zero attached hydrogens (tertiary/aromatic N) is 1. The molecular formula is C12H15ClN2O. The number of carbonyl (C=O) groups excluding carboxylic acids is 1. The van der Waals surface area contributed by atoms with Crippen molar-refractivity contribution in [1.82, 2.24) is 0 Å². The van der Waals surface area contributed by atoms with Gasteiger partial charge in [-0.3, -0.25) is 4.79 Å². The molecule has 1 aliphatic rings. The maximum Gasteiger partial charge on any atom is 0.252 e. The van der Waals surface area contributed by atoms with Crippen LogP contribution in [0.25, 0.3) is 0 Å². The molecule has 16 heavy (non-hydrogen) atoms. The molecule has 0 bridgehead atoms. The van der Waals surface area contributed by atoms with E-state index in [4.69, 9.17) is 11.6 Å². The second kappa shape index (κ2) is 3.67. The lowest BCUT2D eigenvalue weighted by Crippen LogP contribution is -2.53. The van der Waals surface area contributed by atoms with E-state index in [0.29, 0.717) is 11.6 Å². The fraction of sp³-hybridized carbons (Fsp3) is 0.417. The maximum atomic E-state index is 12.2. The van der Waals surface area contributed by atoms with Crippen molar-refractivity contribution < 1.29 is 4.79 Å². The number of likely N-dealkylation sites (N-methyl/N-ethyl adjacent to an activating group) is 1. The highest BCUT2D eigenvalue weighted by atomic mass is 35.5. The number of fused-ring (bicyclic) bond motifs is 1. The smallest absolute Gasteiger partial charge is 0.252 e. The summed E-state index contributed by atoms with van der Waals surface area (Å²) in [6, 6.07) is 5.63. The van der Waals surface area contributed by atoms with Gasteiger partial charge in [-0.25, -0.2) is 0 Å². The van der Waals surface area contributed by atoms with Crippen molar-refractivity contribution in [2.75, 3.05) is 16.8 Å². The number of anilines is 2. The molecule has 0 atom stereocenters. The third-order valence-electron chi connectivity index (χ3n) is 2.80. The van der Waals surface area contributed by atoms with Crippen molar-refractivity contribution in [3.8, 4) is 0 Å². The molecule has 0 unspecified atom stereocenters. The van der Waals surface area contributed by atoms with Gasteiger partial charge in [0.2, 0.25) is 0 Å². The molecule has 1 aromatic rings. The second-order valence-corrected chi connectivity index (χ2v) is 4.84. The van der Waals surface area contributed by atoms with Crippen LogP contribution in [-0.2, 0) is 4.79 Å². The third-order valence-corrected chi connectivity index (χ3v) is 3.10. The molecule has 0 radical (unpaired) electrons. The van der Waals surface area contributed by atoms with Gasteiger partial charge in [-0.05, 0) is 32.9 Å². The number of benzene rings is 1. The quantitative estimate of drug-likeness (QED) is 0.816. The first-order valence-corrected chi connectivity index (χ1v) is 5.74.